The zero-order chi connectivity index (χ0) is 21.4. The average molecular weight is 438 g/mol. The predicted molar refractivity (Wildman–Crippen MR) is 91.0 cm³/mol. The minimum atomic E-state index is -5.02. The highest BCUT2D eigenvalue weighted by atomic mass is 35.5. The number of halogens is 7. The monoisotopic (exact) mass is 437 g/mol. The first-order valence-electron chi connectivity index (χ1n) is 7.77. The van der Waals surface area contributed by atoms with Gasteiger partial charge in [-0.05, 0) is 17.7 Å². The Morgan fingerprint density at radius 2 is 1.83 bits per heavy atom. The third-order valence-electron chi connectivity index (χ3n) is 3.76. The Balaban J connectivity index is 2.04. The molecule has 0 fully saturated rings. The Bertz CT molecular complexity index is 1070. The van der Waals surface area contributed by atoms with E-state index in [-0.39, 0.29) is 11.3 Å². The number of benzene rings is 1. The summed E-state index contributed by atoms with van der Waals surface area (Å²) >= 11 is 5.51. The number of hydrogen-bond donors (Lipinski definition) is 3. The standard InChI is InChI=1S/C16H10ClF6N5O/c17-11-2-1-7(4-10(11)15(18,19)20)3-9-12(16(21,22)23)27-14(28-13(9)29)26-8-5-24-25-6-8/h1-2,4-6H,3H2,(H,24,25)(H2,26,27,28,29). The summed E-state index contributed by atoms with van der Waals surface area (Å²) in [6.45, 7) is 0. The molecule has 0 atom stereocenters. The molecule has 0 aliphatic heterocycles. The van der Waals surface area contributed by atoms with Crippen LogP contribution in [0.5, 0.6) is 0 Å². The van der Waals surface area contributed by atoms with Crippen molar-refractivity contribution < 1.29 is 26.3 Å². The van der Waals surface area contributed by atoms with Crippen molar-refractivity contribution in [3.63, 3.8) is 0 Å². The van der Waals surface area contributed by atoms with Crippen LogP contribution in [0.2, 0.25) is 5.02 Å². The normalized spacial score (nSPS) is 12.2. The van der Waals surface area contributed by atoms with Gasteiger partial charge < -0.3 is 5.32 Å². The van der Waals surface area contributed by atoms with Gasteiger partial charge in [0.15, 0.2) is 5.69 Å². The molecule has 3 aromatic rings. The number of nitrogens with zero attached hydrogens (tertiary/aromatic N) is 2. The van der Waals surface area contributed by atoms with Gasteiger partial charge in [0.2, 0.25) is 5.95 Å². The Hall–Kier alpha value is -3.02. The molecule has 0 unspecified atom stereocenters. The maximum atomic E-state index is 13.5. The van der Waals surface area contributed by atoms with E-state index < -0.39 is 52.1 Å². The van der Waals surface area contributed by atoms with Crippen molar-refractivity contribution in [1.29, 1.82) is 0 Å². The second kappa shape index (κ2) is 7.43. The Labute approximate surface area is 162 Å². The van der Waals surface area contributed by atoms with Crippen LogP contribution in [0.4, 0.5) is 38.0 Å². The fraction of sp³-hybridized carbons (Fsp3) is 0.188. The highest BCUT2D eigenvalue weighted by molar-refractivity contribution is 6.31. The molecule has 0 aliphatic carbocycles. The van der Waals surface area contributed by atoms with Gasteiger partial charge in [0.05, 0.1) is 28.0 Å². The molecule has 3 N–H and O–H groups in total. The van der Waals surface area contributed by atoms with Crippen LogP contribution in [0.25, 0.3) is 0 Å². The van der Waals surface area contributed by atoms with Crippen LogP contribution in [0.1, 0.15) is 22.4 Å². The molecule has 1 aromatic carbocycles. The van der Waals surface area contributed by atoms with E-state index in [0.29, 0.717) is 6.07 Å². The van der Waals surface area contributed by atoms with Gasteiger partial charge in [-0.15, -0.1) is 0 Å². The van der Waals surface area contributed by atoms with Gasteiger partial charge in [0.1, 0.15) is 0 Å². The highest BCUT2D eigenvalue weighted by Crippen LogP contribution is 2.36. The van der Waals surface area contributed by atoms with E-state index in [0.717, 1.165) is 12.1 Å². The van der Waals surface area contributed by atoms with Gasteiger partial charge in [-0.25, -0.2) is 4.98 Å². The van der Waals surface area contributed by atoms with Gasteiger partial charge in [-0.3, -0.25) is 14.9 Å². The summed E-state index contributed by atoms with van der Waals surface area (Å²) < 4.78 is 79.3. The fourth-order valence-electron chi connectivity index (χ4n) is 2.52. The van der Waals surface area contributed by atoms with E-state index in [1.54, 1.807) is 0 Å². The van der Waals surface area contributed by atoms with Crippen LogP contribution >= 0.6 is 11.6 Å². The SMILES string of the molecule is O=c1[nH]c(Nc2cn[nH]c2)nc(C(F)(F)F)c1Cc1ccc(Cl)c(C(F)(F)F)c1. The smallest absolute Gasteiger partial charge is 0.323 e. The number of rotatable bonds is 4. The zero-order valence-corrected chi connectivity index (χ0v) is 14.8. The zero-order valence-electron chi connectivity index (χ0n) is 14.0. The Morgan fingerprint density at radius 3 is 2.41 bits per heavy atom. The second-order valence-corrected chi connectivity index (χ2v) is 6.25. The van der Waals surface area contributed by atoms with Crippen molar-refractivity contribution in [2.45, 2.75) is 18.8 Å². The van der Waals surface area contributed by atoms with Crippen molar-refractivity contribution >= 4 is 23.2 Å². The summed E-state index contributed by atoms with van der Waals surface area (Å²) in [5.41, 5.74) is -4.66. The minimum Gasteiger partial charge on any atom is -0.323 e. The molecule has 0 amide bonds. The van der Waals surface area contributed by atoms with Gasteiger partial charge in [0, 0.05) is 12.6 Å². The Kier molecular flexibility index (Phi) is 5.30. The number of aromatic amines is 2. The molecule has 0 aliphatic rings. The first-order chi connectivity index (χ1) is 13.4. The quantitative estimate of drug-likeness (QED) is 0.524. The lowest BCUT2D eigenvalue weighted by Crippen LogP contribution is -2.25. The molecular weight excluding hydrogens is 428 g/mol. The highest BCUT2D eigenvalue weighted by Gasteiger charge is 2.38. The van der Waals surface area contributed by atoms with E-state index in [9.17, 15) is 31.1 Å². The van der Waals surface area contributed by atoms with Crippen LogP contribution in [0.15, 0.2) is 35.4 Å². The number of H-pyrrole nitrogens is 2. The fourth-order valence-corrected chi connectivity index (χ4v) is 2.74. The van der Waals surface area contributed by atoms with Gasteiger partial charge in [-0.1, -0.05) is 17.7 Å². The van der Waals surface area contributed by atoms with Crippen molar-refractivity contribution in [3.05, 3.63) is 68.4 Å². The lowest BCUT2D eigenvalue weighted by molar-refractivity contribution is -0.142. The molecule has 0 saturated heterocycles. The first kappa shape index (κ1) is 20.7. The lowest BCUT2D eigenvalue weighted by Gasteiger charge is -2.14. The number of anilines is 2. The van der Waals surface area contributed by atoms with Crippen LogP contribution in [-0.2, 0) is 18.8 Å². The van der Waals surface area contributed by atoms with Gasteiger partial charge in [0.25, 0.3) is 5.56 Å². The predicted octanol–water partition coefficient (Wildman–Crippen LogP) is 4.52. The number of nitrogens with one attached hydrogen (secondary N) is 3. The maximum absolute atomic E-state index is 13.5. The average Bonchev–Trinajstić information content (AvgIpc) is 3.09. The Morgan fingerprint density at radius 1 is 1.10 bits per heavy atom. The van der Waals surface area contributed by atoms with Gasteiger partial charge >= 0.3 is 12.4 Å². The molecule has 0 radical (unpaired) electrons. The minimum absolute atomic E-state index is 0.185. The summed E-state index contributed by atoms with van der Waals surface area (Å²) in [5.74, 6) is -0.500. The summed E-state index contributed by atoms with van der Waals surface area (Å²) in [5, 5.41) is 7.84. The van der Waals surface area contributed by atoms with Crippen LogP contribution in [0, 0.1) is 0 Å². The molecule has 0 bridgehead atoms. The lowest BCUT2D eigenvalue weighted by atomic mass is 10.0. The molecule has 154 valence electrons. The van der Waals surface area contributed by atoms with E-state index >= 15 is 0 Å². The van der Waals surface area contributed by atoms with Crippen molar-refractivity contribution in [3.8, 4) is 0 Å². The summed E-state index contributed by atoms with van der Waals surface area (Å²) in [6.07, 6.45) is -8.00. The maximum Gasteiger partial charge on any atom is 0.433 e. The van der Waals surface area contributed by atoms with Crippen LogP contribution < -0.4 is 10.9 Å². The topological polar surface area (TPSA) is 86.5 Å². The third kappa shape index (κ3) is 4.70. The van der Waals surface area contributed by atoms with Crippen LogP contribution in [0.3, 0.4) is 0 Å². The largest absolute Gasteiger partial charge is 0.433 e. The first-order valence-corrected chi connectivity index (χ1v) is 8.15. The summed E-state index contributed by atoms with van der Waals surface area (Å²) in [6, 6.07) is 2.61. The molecule has 0 saturated carbocycles. The molecule has 2 aromatic heterocycles. The molecule has 13 heteroatoms. The van der Waals surface area contributed by atoms with Crippen molar-refractivity contribution in [2.75, 3.05) is 5.32 Å². The molecule has 0 spiro atoms. The van der Waals surface area contributed by atoms with Crippen molar-refractivity contribution in [1.82, 2.24) is 20.2 Å². The number of hydrogen-bond acceptors (Lipinski definition) is 4. The van der Waals surface area contributed by atoms with Gasteiger partial charge in [-0.2, -0.15) is 31.4 Å². The van der Waals surface area contributed by atoms with E-state index in [1.807, 2.05) is 0 Å². The molecular formula is C16H10ClF6N5O. The molecule has 2 heterocycles. The molecule has 3 rings (SSSR count). The summed E-state index contributed by atoms with van der Waals surface area (Å²) in [7, 11) is 0. The summed E-state index contributed by atoms with van der Waals surface area (Å²) in [4.78, 5) is 17.8. The van der Waals surface area contributed by atoms with E-state index in [4.69, 9.17) is 11.6 Å². The van der Waals surface area contributed by atoms with E-state index in [2.05, 4.69) is 25.5 Å². The number of aromatic nitrogens is 4. The van der Waals surface area contributed by atoms with E-state index in [1.165, 1.54) is 12.4 Å². The number of alkyl halides is 6. The second-order valence-electron chi connectivity index (χ2n) is 5.84. The van der Waals surface area contributed by atoms with Crippen LogP contribution in [-0.4, -0.2) is 20.2 Å². The third-order valence-corrected chi connectivity index (χ3v) is 4.09. The van der Waals surface area contributed by atoms with Crippen molar-refractivity contribution in [2.24, 2.45) is 0 Å². The molecule has 6 nitrogen and oxygen atoms in total. The molecule has 29 heavy (non-hydrogen) atoms.